The number of methoxy groups -OCH3 is 2. The fourth-order valence-corrected chi connectivity index (χ4v) is 3.15. The number of benzene rings is 2. The minimum atomic E-state index is -1.27. The van der Waals surface area contributed by atoms with Crippen LogP contribution in [0.15, 0.2) is 67.8 Å². The molecule has 0 saturated heterocycles. The van der Waals surface area contributed by atoms with Gasteiger partial charge in [-0.25, -0.2) is 4.79 Å². The summed E-state index contributed by atoms with van der Waals surface area (Å²) in [6, 6.07) is 13.9. The monoisotopic (exact) mass is 424 g/mol. The van der Waals surface area contributed by atoms with Crippen LogP contribution in [0.3, 0.4) is 0 Å². The van der Waals surface area contributed by atoms with Gasteiger partial charge in [-0.15, -0.1) is 6.58 Å². The summed E-state index contributed by atoms with van der Waals surface area (Å²) < 4.78 is 10.7. The van der Waals surface area contributed by atoms with Gasteiger partial charge < -0.3 is 24.8 Å². The highest BCUT2D eigenvalue weighted by Crippen LogP contribution is 2.27. The van der Waals surface area contributed by atoms with Crippen molar-refractivity contribution in [3.05, 3.63) is 78.9 Å². The maximum absolute atomic E-state index is 13.3. The molecular weight excluding hydrogens is 396 g/mol. The summed E-state index contributed by atoms with van der Waals surface area (Å²) >= 11 is 0. The van der Waals surface area contributed by atoms with Crippen molar-refractivity contribution in [1.29, 1.82) is 0 Å². The third kappa shape index (κ3) is 6.64. The van der Waals surface area contributed by atoms with Crippen LogP contribution in [0.1, 0.15) is 17.5 Å². The predicted molar refractivity (Wildman–Crippen MR) is 120 cm³/mol. The van der Waals surface area contributed by atoms with E-state index in [4.69, 9.17) is 14.6 Å². The standard InChI is InChI=1S/C24H28N2O5/c1-5-9-21(25-24(28)29)23(27)26(15-17(2)18-10-7-6-8-11-18)16-19-12-13-20(30-3)14-22(19)31-4/h5-8,10-14,21,25H,1-2,9,15-16H2,3-4H3,(H,28,29). The molecule has 0 heterocycles. The van der Waals surface area contributed by atoms with Crippen LogP contribution in [0.4, 0.5) is 4.79 Å². The smallest absolute Gasteiger partial charge is 0.405 e. The number of amides is 2. The lowest BCUT2D eigenvalue weighted by molar-refractivity contribution is -0.133. The highest BCUT2D eigenvalue weighted by atomic mass is 16.5. The molecule has 7 heteroatoms. The average molecular weight is 424 g/mol. The van der Waals surface area contributed by atoms with Crippen molar-refractivity contribution < 1.29 is 24.2 Å². The number of carboxylic acid groups (broad SMARTS) is 1. The molecule has 0 spiro atoms. The van der Waals surface area contributed by atoms with E-state index in [2.05, 4.69) is 18.5 Å². The van der Waals surface area contributed by atoms with Crippen LogP contribution < -0.4 is 14.8 Å². The lowest BCUT2D eigenvalue weighted by Crippen LogP contribution is -2.48. The third-order valence-corrected chi connectivity index (χ3v) is 4.73. The first-order valence-electron chi connectivity index (χ1n) is 9.72. The number of nitrogens with zero attached hydrogens (tertiary/aromatic N) is 1. The zero-order valence-corrected chi connectivity index (χ0v) is 17.8. The van der Waals surface area contributed by atoms with Gasteiger partial charge in [-0.2, -0.15) is 0 Å². The summed E-state index contributed by atoms with van der Waals surface area (Å²) in [4.78, 5) is 26.1. The molecular formula is C24H28N2O5. The Hall–Kier alpha value is -3.74. The molecule has 164 valence electrons. The van der Waals surface area contributed by atoms with Crippen LogP contribution in [0.25, 0.3) is 5.57 Å². The molecule has 2 aromatic carbocycles. The van der Waals surface area contributed by atoms with Gasteiger partial charge in [0.1, 0.15) is 17.5 Å². The third-order valence-electron chi connectivity index (χ3n) is 4.73. The van der Waals surface area contributed by atoms with Gasteiger partial charge in [0.2, 0.25) is 5.91 Å². The predicted octanol–water partition coefficient (Wildman–Crippen LogP) is 3.96. The Bertz CT molecular complexity index is 927. The van der Waals surface area contributed by atoms with E-state index in [0.29, 0.717) is 11.5 Å². The second kappa shape index (κ2) is 11.4. The molecule has 0 radical (unpaired) electrons. The zero-order chi connectivity index (χ0) is 22.8. The summed E-state index contributed by atoms with van der Waals surface area (Å²) in [5, 5.41) is 11.4. The lowest BCUT2D eigenvalue weighted by Gasteiger charge is -2.28. The number of carbonyl (C=O) groups excluding carboxylic acids is 1. The van der Waals surface area contributed by atoms with Crippen LogP contribution in [0, 0.1) is 0 Å². The second-order valence-electron chi connectivity index (χ2n) is 6.87. The van der Waals surface area contributed by atoms with Gasteiger partial charge in [-0.05, 0) is 29.7 Å². The Kier molecular flexibility index (Phi) is 8.69. The number of hydrogen-bond donors (Lipinski definition) is 2. The zero-order valence-electron chi connectivity index (χ0n) is 17.8. The molecule has 7 nitrogen and oxygen atoms in total. The SMILES string of the molecule is C=CCC(NC(=O)O)C(=O)N(CC(=C)c1ccccc1)Cc1ccc(OC)cc1OC. The van der Waals surface area contributed by atoms with Crippen molar-refractivity contribution in [2.75, 3.05) is 20.8 Å². The van der Waals surface area contributed by atoms with Gasteiger partial charge in [0.05, 0.1) is 14.2 Å². The quantitative estimate of drug-likeness (QED) is 0.533. The molecule has 0 fully saturated rings. The maximum Gasteiger partial charge on any atom is 0.405 e. The Labute approximate surface area is 182 Å². The van der Waals surface area contributed by atoms with E-state index in [0.717, 1.165) is 16.7 Å². The number of rotatable bonds is 11. The number of hydrogen-bond acceptors (Lipinski definition) is 4. The molecule has 0 aliphatic carbocycles. The first-order chi connectivity index (χ1) is 14.9. The minimum absolute atomic E-state index is 0.166. The van der Waals surface area contributed by atoms with Crippen LogP contribution in [0.5, 0.6) is 11.5 Å². The Morgan fingerprint density at radius 1 is 1.16 bits per heavy atom. The first-order valence-corrected chi connectivity index (χ1v) is 9.72. The Morgan fingerprint density at radius 2 is 1.87 bits per heavy atom. The van der Waals surface area contributed by atoms with Gasteiger partial charge in [0.25, 0.3) is 0 Å². The van der Waals surface area contributed by atoms with Crippen molar-refractivity contribution in [1.82, 2.24) is 10.2 Å². The van der Waals surface area contributed by atoms with E-state index in [-0.39, 0.29) is 25.4 Å². The van der Waals surface area contributed by atoms with Crippen molar-refractivity contribution >= 4 is 17.6 Å². The number of nitrogens with one attached hydrogen (secondary N) is 1. The highest BCUT2D eigenvalue weighted by molar-refractivity contribution is 5.87. The molecule has 31 heavy (non-hydrogen) atoms. The van der Waals surface area contributed by atoms with E-state index >= 15 is 0 Å². The van der Waals surface area contributed by atoms with E-state index in [9.17, 15) is 9.59 Å². The largest absolute Gasteiger partial charge is 0.497 e. The minimum Gasteiger partial charge on any atom is -0.497 e. The fourth-order valence-electron chi connectivity index (χ4n) is 3.15. The average Bonchev–Trinajstić information content (AvgIpc) is 2.78. The molecule has 2 rings (SSSR count). The summed E-state index contributed by atoms with van der Waals surface area (Å²) in [7, 11) is 3.10. The van der Waals surface area contributed by atoms with Crippen LogP contribution in [-0.4, -0.2) is 48.8 Å². The van der Waals surface area contributed by atoms with Gasteiger partial charge >= 0.3 is 6.09 Å². The van der Waals surface area contributed by atoms with Crippen LogP contribution >= 0.6 is 0 Å². The molecule has 0 aromatic heterocycles. The van der Waals surface area contributed by atoms with Gasteiger partial charge in [-0.3, -0.25) is 4.79 Å². The van der Waals surface area contributed by atoms with E-state index in [1.54, 1.807) is 31.3 Å². The van der Waals surface area contributed by atoms with Crippen LogP contribution in [0.2, 0.25) is 0 Å². The van der Waals surface area contributed by atoms with E-state index in [1.807, 2.05) is 36.4 Å². The molecule has 2 N–H and O–H groups in total. The molecule has 0 aliphatic rings. The molecule has 1 atom stereocenters. The summed E-state index contributed by atoms with van der Waals surface area (Å²) in [5.74, 6) is 0.815. The van der Waals surface area contributed by atoms with Crippen molar-refractivity contribution in [3.8, 4) is 11.5 Å². The first kappa shape index (κ1) is 23.5. The summed E-state index contributed by atoms with van der Waals surface area (Å²) in [6.07, 6.45) is 0.402. The number of ether oxygens (including phenoxy) is 2. The van der Waals surface area contributed by atoms with E-state index in [1.165, 1.54) is 6.08 Å². The number of carbonyl (C=O) groups is 2. The van der Waals surface area contributed by atoms with Gasteiger partial charge in [0, 0.05) is 24.7 Å². The highest BCUT2D eigenvalue weighted by Gasteiger charge is 2.26. The molecule has 2 aromatic rings. The molecule has 2 amide bonds. The summed E-state index contributed by atoms with van der Waals surface area (Å²) in [5.41, 5.74) is 2.38. The normalized spacial score (nSPS) is 11.2. The van der Waals surface area contributed by atoms with Gasteiger partial charge in [-0.1, -0.05) is 43.0 Å². The van der Waals surface area contributed by atoms with Crippen molar-refractivity contribution in [3.63, 3.8) is 0 Å². The molecule has 0 saturated carbocycles. The summed E-state index contributed by atoms with van der Waals surface area (Å²) in [6.45, 7) is 8.17. The second-order valence-corrected chi connectivity index (χ2v) is 6.87. The van der Waals surface area contributed by atoms with Crippen molar-refractivity contribution in [2.24, 2.45) is 0 Å². The molecule has 0 bridgehead atoms. The van der Waals surface area contributed by atoms with E-state index < -0.39 is 12.1 Å². The fraction of sp³-hybridized carbons (Fsp3) is 0.250. The van der Waals surface area contributed by atoms with Crippen LogP contribution in [-0.2, 0) is 11.3 Å². The Balaban J connectivity index is 2.36. The Morgan fingerprint density at radius 3 is 2.45 bits per heavy atom. The van der Waals surface area contributed by atoms with Gasteiger partial charge in [0.15, 0.2) is 0 Å². The lowest BCUT2D eigenvalue weighted by atomic mass is 10.1. The maximum atomic E-state index is 13.3. The topological polar surface area (TPSA) is 88.1 Å². The molecule has 1 unspecified atom stereocenters. The molecule has 0 aliphatic heterocycles. The van der Waals surface area contributed by atoms with Crippen molar-refractivity contribution in [2.45, 2.75) is 19.0 Å².